The molecule has 0 unspecified atom stereocenters. The first-order valence-corrected chi connectivity index (χ1v) is 16.6. The number of aliphatic hydroxyl groups excluding tert-OH is 1. The SMILES string of the molecule is COc1cc2c(O)c(c1)NC(=O)C[C@@H](OC)C=CC=CC=CC[C@@H](OC(=O)[C@H](C)NC(=O)C1CCCCC1)[C@@H](C)[C@H](O)C(C)=CCC2. The number of allylic oxidation sites excluding steroid dienone is 5. The zero-order valence-corrected chi connectivity index (χ0v) is 28.4. The van der Waals surface area contributed by atoms with Crippen LogP contribution in [0.15, 0.2) is 60.2 Å². The van der Waals surface area contributed by atoms with E-state index >= 15 is 0 Å². The van der Waals surface area contributed by atoms with Crippen molar-refractivity contribution in [3.8, 4) is 11.5 Å². The number of carbonyl (C=O) groups is 3. The maximum atomic E-state index is 13.2. The molecule has 258 valence electrons. The molecular weight excluding hydrogens is 600 g/mol. The summed E-state index contributed by atoms with van der Waals surface area (Å²) in [4.78, 5) is 38.8. The van der Waals surface area contributed by atoms with Crippen LogP contribution in [-0.4, -0.2) is 66.6 Å². The van der Waals surface area contributed by atoms with Gasteiger partial charge in [-0.3, -0.25) is 9.59 Å². The molecule has 0 aromatic heterocycles. The molecule has 1 aromatic rings. The Kier molecular flexibility index (Phi) is 15.2. The van der Waals surface area contributed by atoms with Crippen molar-refractivity contribution < 1.29 is 38.8 Å². The highest BCUT2D eigenvalue weighted by molar-refractivity contribution is 5.93. The number of carbonyl (C=O) groups excluding carboxylic acids is 3. The van der Waals surface area contributed by atoms with Crippen LogP contribution in [0.1, 0.15) is 77.7 Å². The number of amides is 2. The maximum absolute atomic E-state index is 13.2. The number of phenols is 1. The molecule has 3 rings (SSSR count). The van der Waals surface area contributed by atoms with E-state index in [0.29, 0.717) is 36.1 Å². The predicted molar refractivity (Wildman–Crippen MR) is 182 cm³/mol. The number of hydrogen-bond donors (Lipinski definition) is 4. The van der Waals surface area contributed by atoms with Crippen molar-refractivity contribution in [3.63, 3.8) is 0 Å². The summed E-state index contributed by atoms with van der Waals surface area (Å²) in [5, 5.41) is 27.9. The van der Waals surface area contributed by atoms with Crippen molar-refractivity contribution in [2.45, 2.75) is 103 Å². The van der Waals surface area contributed by atoms with E-state index < -0.39 is 36.2 Å². The monoisotopic (exact) mass is 652 g/mol. The molecule has 5 atom stereocenters. The lowest BCUT2D eigenvalue weighted by Crippen LogP contribution is -2.45. The molecule has 1 aliphatic heterocycles. The van der Waals surface area contributed by atoms with E-state index in [1.54, 1.807) is 43.4 Å². The minimum absolute atomic E-state index is 0.0347. The fourth-order valence-corrected chi connectivity index (χ4v) is 5.86. The normalized spacial score (nSPS) is 24.3. The molecule has 1 fully saturated rings. The fraction of sp³-hybridized carbons (Fsp3) is 0.541. The van der Waals surface area contributed by atoms with Crippen molar-refractivity contribution in [2.75, 3.05) is 19.5 Å². The number of methoxy groups -OCH3 is 2. The summed E-state index contributed by atoms with van der Waals surface area (Å²) in [7, 11) is 3.03. The third-order valence-corrected chi connectivity index (χ3v) is 8.91. The van der Waals surface area contributed by atoms with Crippen LogP contribution in [0.3, 0.4) is 0 Å². The Hall–Kier alpha value is -3.89. The lowest BCUT2D eigenvalue weighted by molar-refractivity contribution is -0.156. The zero-order chi connectivity index (χ0) is 34.3. The highest BCUT2D eigenvalue weighted by atomic mass is 16.5. The highest BCUT2D eigenvalue weighted by Crippen LogP contribution is 2.34. The van der Waals surface area contributed by atoms with E-state index in [9.17, 15) is 24.6 Å². The van der Waals surface area contributed by atoms with Crippen molar-refractivity contribution in [1.29, 1.82) is 0 Å². The molecule has 1 heterocycles. The van der Waals surface area contributed by atoms with Crippen LogP contribution in [0.25, 0.3) is 0 Å². The summed E-state index contributed by atoms with van der Waals surface area (Å²) in [6, 6.07) is 2.46. The maximum Gasteiger partial charge on any atom is 0.328 e. The second-order valence-corrected chi connectivity index (χ2v) is 12.5. The minimum Gasteiger partial charge on any atom is -0.505 e. The summed E-state index contributed by atoms with van der Waals surface area (Å²) < 4.78 is 16.8. The molecular formula is C37H52N2O8. The Morgan fingerprint density at radius 2 is 1.79 bits per heavy atom. The van der Waals surface area contributed by atoms with Crippen molar-refractivity contribution in [2.24, 2.45) is 11.8 Å². The number of aryl methyl sites for hydroxylation is 1. The lowest BCUT2D eigenvalue weighted by atomic mass is 9.88. The quantitative estimate of drug-likeness (QED) is 0.174. The molecule has 2 aliphatic rings. The average Bonchev–Trinajstić information content (AvgIpc) is 3.07. The number of aliphatic hydroxyl groups is 1. The van der Waals surface area contributed by atoms with E-state index in [1.807, 2.05) is 32.1 Å². The highest BCUT2D eigenvalue weighted by Gasteiger charge is 2.31. The van der Waals surface area contributed by atoms with E-state index in [1.165, 1.54) is 14.2 Å². The Bertz CT molecular complexity index is 1330. The number of ether oxygens (including phenoxy) is 3. The number of fused-ring (bicyclic) bond motifs is 2. The standard InChI is InChI=1S/C37H52N2O8/c1-24-15-14-18-28-21-30(46-5)22-31(35(28)42)39-33(40)23-29(45-4)19-12-7-6-8-13-20-32(25(2)34(24)41)47-37(44)26(3)38-36(43)27-16-10-9-11-17-27/h6-8,12-13,15,19,21-22,25-27,29,32,34,41-42H,9-11,14,16-18,20,23H2,1-5H3,(H,38,43)(H,39,40)/t25-,26+,29+,32-,34-/m1/s1. The molecule has 2 amide bonds. The number of nitrogens with one attached hydrogen (secondary N) is 2. The number of anilines is 1. The topological polar surface area (TPSA) is 143 Å². The van der Waals surface area contributed by atoms with Crippen LogP contribution < -0.4 is 15.4 Å². The fourth-order valence-electron chi connectivity index (χ4n) is 5.86. The van der Waals surface area contributed by atoms with Gasteiger partial charge < -0.3 is 35.1 Å². The number of aromatic hydroxyl groups is 1. The summed E-state index contributed by atoms with van der Waals surface area (Å²) in [5.74, 6) is -1.11. The molecule has 10 nitrogen and oxygen atoms in total. The molecule has 4 N–H and O–H groups in total. The van der Waals surface area contributed by atoms with Crippen molar-refractivity contribution in [1.82, 2.24) is 5.32 Å². The third-order valence-electron chi connectivity index (χ3n) is 8.91. The number of benzene rings is 1. The Balaban J connectivity index is 1.83. The van der Waals surface area contributed by atoms with Gasteiger partial charge in [0.15, 0.2) is 0 Å². The molecule has 1 aliphatic carbocycles. The summed E-state index contributed by atoms with van der Waals surface area (Å²) >= 11 is 0. The molecule has 0 radical (unpaired) electrons. The lowest BCUT2D eigenvalue weighted by Gasteiger charge is -2.29. The van der Waals surface area contributed by atoms with Crippen LogP contribution in [0.4, 0.5) is 5.69 Å². The van der Waals surface area contributed by atoms with Gasteiger partial charge in [0.25, 0.3) is 0 Å². The van der Waals surface area contributed by atoms with Gasteiger partial charge in [0.05, 0.1) is 31.4 Å². The number of hydrogen-bond acceptors (Lipinski definition) is 8. The van der Waals surface area contributed by atoms with Crippen LogP contribution >= 0.6 is 0 Å². The van der Waals surface area contributed by atoms with E-state index in [2.05, 4.69) is 10.6 Å². The Morgan fingerprint density at radius 3 is 2.49 bits per heavy atom. The van der Waals surface area contributed by atoms with Gasteiger partial charge in [0.2, 0.25) is 11.8 Å². The third kappa shape index (κ3) is 11.7. The van der Waals surface area contributed by atoms with E-state index in [-0.39, 0.29) is 35.6 Å². The number of phenolic OH excluding ortho intramolecular Hbond substituents is 1. The van der Waals surface area contributed by atoms with Gasteiger partial charge in [-0.2, -0.15) is 0 Å². The number of esters is 1. The second kappa shape index (κ2) is 19.1. The van der Waals surface area contributed by atoms with Gasteiger partial charge in [-0.05, 0) is 51.2 Å². The number of rotatable bonds is 6. The molecule has 1 aromatic carbocycles. The van der Waals surface area contributed by atoms with Gasteiger partial charge in [-0.15, -0.1) is 0 Å². The van der Waals surface area contributed by atoms with Gasteiger partial charge in [0.1, 0.15) is 23.6 Å². The molecule has 0 saturated heterocycles. The van der Waals surface area contributed by atoms with Crippen LogP contribution in [0.5, 0.6) is 11.5 Å². The smallest absolute Gasteiger partial charge is 0.328 e. The largest absolute Gasteiger partial charge is 0.505 e. The Labute approximate surface area is 278 Å². The first-order chi connectivity index (χ1) is 22.5. The van der Waals surface area contributed by atoms with Gasteiger partial charge >= 0.3 is 5.97 Å². The Morgan fingerprint density at radius 1 is 1.06 bits per heavy atom. The second-order valence-electron chi connectivity index (χ2n) is 12.5. The van der Waals surface area contributed by atoms with Crippen LogP contribution in [0, 0.1) is 11.8 Å². The first kappa shape index (κ1) is 37.6. The van der Waals surface area contributed by atoms with Crippen molar-refractivity contribution in [3.05, 3.63) is 65.8 Å². The van der Waals surface area contributed by atoms with Gasteiger partial charge in [0, 0.05) is 37.0 Å². The predicted octanol–water partition coefficient (Wildman–Crippen LogP) is 5.69. The van der Waals surface area contributed by atoms with Crippen LogP contribution in [-0.2, 0) is 30.3 Å². The minimum atomic E-state index is -0.916. The molecule has 0 spiro atoms. The summed E-state index contributed by atoms with van der Waals surface area (Å²) in [6.07, 6.45) is 16.7. The summed E-state index contributed by atoms with van der Waals surface area (Å²) in [5.41, 5.74) is 1.51. The van der Waals surface area contributed by atoms with Crippen LogP contribution in [0.2, 0.25) is 0 Å². The first-order valence-electron chi connectivity index (χ1n) is 16.6. The average molecular weight is 653 g/mol. The molecule has 10 heteroatoms. The summed E-state index contributed by atoms with van der Waals surface area (Å²) in [6.45, 7) is 5.28. The zero-order valence-electron chi connectivity index (χ0n) is 28.4. The van der Waals surface area contributed by atoms with Gasteiger partial charge in [-0.1, -0.05) is 68.7 Å². The van der Waals surface area contributed by atoms with Gasteiger partial charge in [-0.25, -0.2) is 4.79 Å². The van der Waals surface area contributed by atoms with E-state index in [0.717, 1.165) is 32.1 Å². The molecule has 2 bridgehead atoms. The van der Waals surface area contributed by atoms with Crippen molar-refractivity contribution >= 4 is 23.5 Å². The molecule has 1 saturated carbocycles. The molecule has 47 heavy (non-hydrogen) atoms. The van der Waals surface area contributed by atoms with E-state index in [4.69, 9.17) is 14.2 Å².